The fourth-order valence-corrected chi connectivity index (χ4v) is 8.06. The Morgan fingerprint density at radius 1 is 1.57 bits per heavy atom. The predicted octanol–water partition coefficient (Wildman–Crippen LogP) is 2.15. The SMILES string of the molecule is CC(CCCN)P(=O)(O)C1SCCS1. The van der Waals surface area contributed by atoms with Gasteiger partial charge in [-0.05, 0) is 19.4 Å². The van der Waals surface area contributed by atoms with Gasteiger partial charge in [-0.1, -0.05) is 6.92 Å². The van der Waals surface area contributed by atoms with Crippen LogP contribution >= 0.6 is 30.9 Å². The van der Waals surface area contributed by atoms with E-state index in [0.29, 0.717) is 6.54 Å². The Balaban J connectivity index is 2.49. The molecule has 1 fully saturated rings. The highest BCUT2D eigenvalue weighted by Crippen LogP contribution is 2.62. The van der Waals surface area contributed by atoms with Crippen LogP contribution in [0.4, 0.5) is 0 Å². The van der Waals surface area contributed by atoms with Crippen LogP contribution in [-0.4, -0.2) is 32.9 Å². The molecule has 0 saturated carbocycles. The maximum Gasteiger partial charge on any atom is 0.225 e. The third-order valence-corrected chi connectivity index (χ3v) is 9.72. The number of thioether (sulfide) groups is 2. The minimum absolute atomic E-state index is 0.0877. The van der Waals surface area contributed by atoms with Gasteiger partial charge in [-0.2, -0.15) is 0 Å². The summed E-state index contributed by atoms with van der Waals surface area (Å²) in [6, 6.07) is 0. The average Bonchev–Trinajstić information content (AvgIpc) is 2.67. The van der Waals surface area contributed by atoms with E-state index in [9.17, 15) is 9.46 Å². The van der Waals surface area contributed by atoms with Crippen molar-refractivity contribution in [3.05, 3.63) is 0 Å². The molecular formula is C8H18NO2PS2. The second-order valence-electron chi connectivity index (χ2n) is 3.50. The molecule has 2 unspecified atom stereocenters. The largest absolute Gasteiger partial charge is 0.343 e. The highest BCUT2D eigenvalue weighted by atomic mass is 32.2. The first-order chi connectivity index (χ1) is 6.59. The second-order valence-corrected chi connectivity index (χ2v) is 9.67. The Hall–Kier alpha value is 0.850. The number of hydrogen-bond donors (Lipinski definition) is 2. The lowest BCUT2D eigenvalue weighted by Crippen LogP contribution is -2.12. The van der Waals surface area contributed by atoms with Crippen LogP contribution < -0.4 is 5.73 Å². The molecule has 14 heavy (non-hydrogen) atoms. The van der Waals surface area contributed by atoms with E-state index in [1.165, 1.54) is 0 Å². The van der Waals surface area contributed by atoms with Crippen molar-refractivity contribution in [3.63, 3.8) is 0 Å². The number of hydrogen-bond acceptors (Lipinski definition) is 4. The van der Waals surface area contributed by atoms with Gasteiger partial charge in [-0.3, -0.25) is 4.57 Å². The first kappa shape index (κ1) is 12.9. The van der Waals surface area contributed by atoms with E-state index in [2.05, 4.69) is 0 Å². The summed E-state index contributed by atoms with van der Waals surface area (Å²) in [5.41, 5.74) is 5.29. The Morgan fingerprint density at radius 2 is 2.14 bits per heavy atom. The van der Waals surface area contributed by atoms with Gasteiger partial charge in [0.1, 0.15) is 4.32 Å². The Bertz CT molecular complexity index is 221. The van der Waals surface area contributed by atoms with E-state index in [-0.39, 0.29) is 9.98 Å². The van der Waals surface area contributed by atoms with Crippen molar-refractivity contribution < 1.29 is 9.46 Å². The first-order valence-electron chi connectivity index (χ1n) is 4.84. The highest BCUT2D eigenvalue weighted by molar-refractivity contribution is 8.26. The van der Waals surface area contributed by atoms with Crippen molar-refractivity contribution in [3.8, 4) is 0 Å². The zero-order valence-electron chi connectivity index (χ0n) is 8.39. The van der Waals surface area contributed by atoms with Crippen molar-refractivity contribution in [2.75, 3.05) is 18.1 Å². The lowest BCUT2D eigenvalue weighted by Gasteiger charge is -2.23. The van der Waals surface area contributed by atoms with Gasteiger partial charge in [0.2, 0.25) is 7.37 Å². The van der Waals surface area contributed by atoms with Gasteiger partial charge in [0.15, 0.2) is 0 Å². The molecule has 1 rings (SSSR count). The summed E-state index contributed by atoms with van der Waals surface area (Å²) in [4.78, 5) is 9.98. The lowest BCUT2D eigenvalue weighted by atomic mass is 10.2. The van der Waals surface area contributed by atoms with Crippen molar-refractivity contribution in [1.82, 2.24) is 0 Å². The van der Waals surface area contributed by atoms with Crippen LogP contribution in [0.25, 0.3) is 0 Å². The van der Waals surface area contributed by atoms with Crippen molar-refractivity contribution in [1.29, 1.82) is 0 Å². The van der Waals surface area contributed by atoms with Crippen LogP contribution in [0.3, 0.4) is 0 Å². The molecule has 0 aromatic heterocycles. The fraction of sp³-hybridized carbons (Fsp3) is 1.00. The molecule has 1 saturated heterocycles. The smallest absolute Gasteiger partial charge is 0.225 e. The molecular weight excluding hydrogens is 237 g/mol. The molecule has 0 amide bonds. The molecule has 0 spiro atoms. The van der Waals surface area contributed by atoms with Gasteiger partial charge >= 0.3 is 0 Å². The van der Waals surface area contributed by atoms with E-state index in [0.717, 1.165) is 24.3 Å². The standard InChI is InChI=1S/C8H18NO2PS2/c1-7(3-2-4-9)12(10,11)8-13-5-6-14-8/h7-8H,2-6,9H2,1H3,(H,10,11). The molecule has 0 radical (unpaired) electrons. The molecule has 0 aliphatic carbocycles. The third-order valence-electron chi connectivity index (χ3n) is 2.36. The van der Waals surface area contributed by atoms with Gasteiger partial charge in [-0.25, -0.2) is 0 Å². The third kappa shape index (κ3) is 3.17. The van der Waals surface area contributed by atoms with Gasteiger partial charge in [-0.15, -0.1) is 23.5 Å². The molecule has 1 aliphatic heterocycles. The summed E-state index contributed by atoms with van der Waals surface area (Å²) in [5, 5.41) is 0. The highest BCUT2D eigenvalue weighted by Gasteiger charge is 2.38. The lowest BCUT2D eigenvalue weighted by molar-refractivity contribution is 0.463. The average molecular weight is 255 g/mol. The number of rotatable bonds is 5. The molecule has 1 aliphatic rings. The summed E-state index contributed by atoms with van der Waals surface area (Å²) < 4.78 is 12.0. The fourth-order valence-electron chi connectivity index (χ4n) is 1.37. The Morgan fingerprint density at radius 3 is 2.64 bits per heavy atom. The molecule has 6 heteroatoms. The Kier molecular flexibility index (Phi) is 5.36. The van der Waals surface area contributed by atoms with Gasteiger partial charge < -0.3 is 10.6 Å². The Labute approximate surface area is 94.0 Å². The van der Waals surface area contributed by atoms with Crippen LogP contribution in [-0.2, 0) is 4.57 Å². The van der Waals surface area contributed by atoms with Crippen LogP contribution in [0.5, 0.6) is 0 Å². The van der Waals surface area contributed by atoms with Crippen LogP contribution in [0.2, 0.25) is 0 Å². The van der Waals surface area contributed by atoms with Crippen molar-refractivity contribution in [2.24, 2.45) is 5.73 Å². The van der Waals surface area contributed by atoms with E-state index in [4.69, 9.17) is 5.73 Å². The number of nitrogens with two attached hydrogens (primary N) is 1. The van der Waals surface area contributed by atoms with E-state index in [1.54, 1.807) is 23.5 Å². The minimum Gasteiger partial charge on any atom is -0.343 e. The topological polar surface area (TPSA) is 63.3 Å². The maximum absolute atomic E-state index is 12.1. The summed E-state index contributed by atoms with van der Waals surface area (Å²) in [6.07, 6.45) is 1.61. The molecule has 3 nitrogen and oxygen atoms in total. The molecule has 3 N–H and O–H groups in total. The van der Waals surface area contributed by atoms with Gasteiger partial charge in [0.05, 0.1) is 0 Å². The van der Waals surface area contributed by atoms with E-state index in [1.807, 2.05) is 6.92 Å². The molecule has 2 atom stereocenters. The summed E-state index contributed by atoms with van der Waals surface area (Å²) in [7, 11) is -2.99. The van der Waals surface area contributed by atoms with Crippen molar-refractivity contribution in [2.45, 2.75) is 29.7 Å². The van der Waals surface area contributed by atoms with Crippen molar-refractivity contribution >= 4 is 30.9 Å². The first-order valence-corrected chi connectivity index (χ1v) is 8.74. The molecule has 1 heterocycles. The molecule has 0 bridgehead atoms. The maximum atomic E-state index is 12.1. The molecule has 0 aromatic carbocycles. The molecule has 0 aromatic rings. The summed E-state index contributed by atoms with van der Waals surface area (Å²) >= 11 is 3.26. The van der Waals surface area contributed by atoms with Gasteiger partial charge in [0.25, 0.3) is 0 Å². The van der Waals surface area contributed by atoms with E-state index < -0.39 is 7.37 Å². The quantitative estimate of drug-likeness (QED) is 0.737. The monoisotopic (exact) mass is 255 g/mol. The van der Waals surface area contributed by atoms with Crippen LogP contribution in [0, 0.1) is 0 Å². The normalized spacial score (nSPS) is 24.8. The zero-order chi connectivity index (χ0) is 10.6. The summed E-state index contributed by atoms with van der Waals surface area (Å²) in [6.45, 7) is 2.48. The second kappa shape index (κ2) is 5.80. The minimum atomic E-state index is -2.99. The van der Waals surface area contributed by atoms with Crippen LogP contribution in [0.15, 0.2) is 0 Å². The predicted molar refractivity (Wildman–Crippen MR) is 66.3 cm³/mol. The van der Waals surface area contributed by atoms with Crippen LogP contribution in [0.1, 0.15) is 19.8 Å². The molecule has 84 valence electrons. The van der Waals surface area contributed by atoms with Gasteiger partial charge in [0, 0.05) is 17.2 Å². The van der Waals surface area contributed by atoms with E-state index >= 15 is 0 Å². The zero-order valence-corrected chi connectivity index (χ0v) is 10.9. The summed E-state index contributed by atoms with van der Waals surface area (Å²) in [5.74, 6) is 2.01.